The molecule has 0 aliphatic carbocycles. The van der Waals surface area contributed by atoms with Gasteiger partial charge in [0.15, 0.2) is 0 Å². The Bertz CT molecular complexity index is 748. The van der Waals surface area contributed by atoms with Crippen molar-refractivity contribution in [2.24, 2.45) is 0 Å². The number of para-hydroxylation sites is 2. The molecule has 0 radical (unpaired) electrons. The highest BCUT2D eigenvalue weighted by atomic mass is 79.9. The van der Waals surface area contributed by atoms with Crippen molar-refractivity contribution in [1.82, 2.24) is 0 Å². The van der Waals surface area contributed by atoms with Gasteiger partial charge in [-0.25, -0.2) is 0 Å². The SMILES string of the molecule is O=C1CN(C(=O)c2ccc(Br)cc2S)c2ccccc2N1. The number of carbonyl (C=O) groups is 2. The van der Waals surface area contributed by atoms with E-state index in [1.165, 1.54) is 4.90 Å². The molecular formula is C15H11BrN2O2S. The smallest absolute Gasteiger partial charge is 0.259 e. The summed E-state index contributed by atoms with van der Waals surface area (Å²) in [5.74, 6) is -0.449. The van der Waals surface area contributed by atoms with Crippen LogP contribution in [0.5, 0.6) is 0 Å². The van der Waals surface area contributed by atoms with Crippen LogP contribution in [0.3, 0.4) is 0 Å². The number of fused-ring (bicyclic) bond motifs is 1. The third kappa shape index (κ3) is 2.69. The van der Waals surface area contributed by atoms with E-state index in [4.69, 9.17) is 0 Å². The Hall–Kier alpha value is -1.79. The van der Waals surface area contributed by atoms with E-state index in [0.717, 1.165) is 4.47 Å². The van der Waals surface area contributed by atoms with E-state index < -0.39 is 0 Å². The molecule has 21 heavy (non-hydrogen) atoms. The molecule has 0 aromatic heterocycles. The Labute approximate surface area is 135 Å². The number of thiol groups is 1. The van der Waals surface area contributed by atoms with Crippen molar-refractivity contribution >= 4 is 51.7 Å². The van der Waals surface area contributed by atoms with E-state index in [0.29, 0.717) is 21.8 Å². The third-order valence-electron chi connectivity index (χ3n) is 3.21. The van der Waals surface area contributed by atoms with Crippen LogP contribution in [0.4, 0.5) is 11.4 Å². The lowest BCUT2D eigenvalue weighted by Gasteiger charge is -2.29. The van der Waals surface area contributed by atoms with Gasteiger partial charge in [0.25, 0.3) is 5.91 Å². The van der Waals surface area contributed by atoms with E-state index in [1.807, 2.05) is 18.2 Å². The first kappa shape index (κ1) is 14.2. The van der Waals surface area contributed by atoms with Gasteiger partial charge >= 0.3 is 0 Å². The molecule has 1 aliphatic heterocycles. The molecule has 4 nitrogen and oxygen atoms in total. The zero-order valence-electron chi connectivity index (χ0n) is 10.8. The van der Waals surface area contributed by atoms with Gasteiger partial charge in [0.1, 0.15) is 6.54 Å². The second kappa shape index (κ2) is 5.54. The average molecular weight is 363 g/mol. The van der Waals surface area contributed by atoms with Gasteiger partial charge in [0.05, 0.1) is 16.9 Å². The molecule has 0 saturated carbocycles. The van der Waals surface area contributed by atoms with Crippen LogP contribution in [-0.4, -0.2) is 18.4 Å². The van der Waals surface area contributed by atoms with E-state index in [9.17, 15) is 9.59 Å². The minimum atomic E-state index is -0.241. The summed E-state index contributed by atoms with van der Waals surface area (Å²) >= 11 is 7.68. The number of nitrogens with one attached hydrogen (secondary N) is 1. The molecule has 1 heterocycles. The highest BCUT2D eigenvalue weighted by molar-refractivity contribution is 9.10. The van der Waals surface area contributed by atoms with Gasteiger partial charge < -0.3 is 5.32 Å². The summed E-state index contributed by atoms with van der Waals surface area (Å²) in [6.07, 6.45) is 0. The number of anilines is 2. The first-order chi connectivity index (χ1) is 10.1. The number of hydrogen-bond acceptors (Lipinski definition) is 3. The van der Waals surface area contributed by atoms with Crippen LogP contribution in [0.1, 0.15) is 10.4 Å². The second-order valence-corrected chi connectivity index (χ2v) is 6.02. The highest BCUT2D eigenvalue weighted by Crippen LogP contribution is 2.31. The number of benzene rings is 2. The first-order valence-corrected chi connectivity index (χ1v) is 7.49. The lowest BCUT2D eigenvalue weighted by atomic mass is 10.1. The van der Waals surface area contributed by atoms with Crippen molar-refractivity contribution in [1.29, 1.82) is 0 Å². The number of hydrogen-bond donors (Lipinski definition) is 2. The fourth-order valence-corrected chi connectivity index (χ4v) is 3.09. The molecule has 0 atom stereocenters. The monoisotopic (exact) mass is 362 g/mol. The Morgan fingerprint density at radius 1 is 1.24 bits per heavy atom. The summed E-state index contributed by atoms with van der Waals surface area (Å²) in [6, 6.07) is 12.5. The molecule has 2 aromatic rings. The van der Waals surface area contributed by atoms with Gasteiger partial charge in [-0.2, -0.15) is 0 Å². The molecule has 0 saturated heterocycles. The first-order valence-electron chi connectivity index (χ1n) is 6.25. The number of rotatable bonds is 1. The van der Waals surface area contributed by atoms with Crippen LogP contribution in [-0.2, 0) is 4.79 Å². The molecule has 0 fully saturated rings. The van der Waals surface area contributed by atoms with Gasteiger partial charge in [-0.15, -0.1) is 12.6 Å². The number of carbonyl (C=O) groups excluding carboxylic acids is 2. The summed E-state index contributed by atoms with van der Waals surface area (Å²) in [5.41, 5.74) is 1.80. The van der Waals surface area contributed by atoms with Crippen molar-refractivity contribution in [3.63, 3.8) is 0 Å². The van der Waals surface area contributed by atoms with E-state index in [-0.39, 0.29) is 18.4 Å². The van der Waals surface area contributed by atoms with Crippen LogP contribution in [0, 0.1) is 0 Å². The Morgan fingerprint density at radius 3 is 2.76 bits per heavy atom. The third-order valence-corrected chi connectivity index (χ3v) is 4.07. The van der Waals surface area contributed by atoms with Crippen LogP contribution >= 0.6 is 28.6 Å². The molecule has 1 N–H and O–H groups in total. The lowest BCUT2D eigenvalue weighted by Crippen LogP contribution is -2.42. The molecular weight excluding hydrogens is 352 g/mol. The molecule has 2 amide bonds. The predicted octanol–water partition coefficient (Wildman–Crippen LogP) is 3.34. The van der Waals surface area contributed by atoms with Crippen LogP contribution in [0.2, 0.25) is 0 Å². The maximum Gasteiger partial charge on any atom is 0.259 e. The topological polar surface area (TPSA) is 49.4 Å². The van der Waals surface area contributed by atoms with Gasteiger partial charge in [-0.05, 0) is 30.3 Å². The molecule has 6 heteroatoms. The summed E-state index contributed by atoms with van der Waals surface area (Å²) in [5, 5.41) is 2.76. The number of nitrogens with zero attached hydrogens (tertiary/aromatic N) is 1. The number of halogens is 1. The highest BCUT2D eigenvalue weighted by Gasteiger charge is 2.28. The quantitative estimate of drug-likeness (QED) is 0.764. The maximum atomic E-state index is 12.7. The fourth-order valence-electron chi connectivity index (χ4n) is 2.25. The lowest BCUT2D eigenvalue weighted by molar-refractivity contribution is -0.115. The Balaban J connectivity index is 2.04. The zero-order valence-corrected chi connectivity index (χ0v) is 13.3. The Kier molecular flexibility index (Phi) is 3.73. The van der Waals surface area contributed by atoms with Crippen LogP contribution in [0.25, 0.3) is 0 Å². The van der Waals surface area contributed by atoms with Gasteiger partial charge in [-0.1, -0.05) is 28.1 Å². The predicted molar refractivity (Wildman–Crippen MR) is 88.1 cm³/mol. The largest absolute Gasteiger partial charge is 0.323 e. The molecule has 1 aliphatic rings. The van der Waals surface area contributed by atoms with E-state index >= 15 is 0 Å². The molecule has 2 aromatic carbocycles. The maximum absolute atomic E-state index is 12.7. The van der Waals surface area contributed by atoms with Gasteiger partial charge in [0.2, 0.25) is 5.91 Å². The van der Waals surface area contributed by atoms with Crippen molar-refractivity contribution in [3.8, 4) is 0 Å². The summed E-state index contributed by atoms with van der Waals surface area (Å²) in [4.78, 5) is 26.5. The average Bonchev–Trinajstić information content (AvgIpc) is 2.45. The summed E-state index contributed by atoms with van der Waals surface area (Å²) in [6.45, 7) is -0.000865. The van der Waals surface area contributed by atoms with Crippen molar-refractivity contribution in [2.45, 2.75) is 4.90 Å². The zero-order chi connectivity index (χ0) is 15.0. The molecule has 0 bridgehead atoms. The normalized spacial score (nSPS) is 13.6. The van der Waals surface area contributed by atoms with E-state index in [1.54, 1.807) is 24.3 Å². The van der Waals surface area contributed by atoms with E-state index in [2.05, 4.69) is 33.9 Å². The minimum Gasteiger partial charge on any atom is -0.323 e. The van der Waals surface area contributed by atoms with Crippen LogP contribution in [0.15, 0.2) is 51.8 Å². The van der Waals surface area contributed by atoms with Crippen LogP contribution < -0.4 is 10.2 Å². The minimum absolute atomic E-state index is 0.000865. The molecule has 3 rings (SSSR count). The fraction of sp³-hybridized carbons (Fsp3) is 0.0667. The van der Waals surface area contributed by atoms with Gasteiger partial charge in [-0.3, -0.25) is 14.5 Å². The molecule has 106 valence electrons. The Morgan fingerprint density at radius 2 is 2.00 bits per heavy atom. The van der Waals surface area contributed by atoms with Crippen molar-refractivity contribution in [3.05, 3.63) is 52.5 Å². The molecule has 0 spiro atoms. The standard InChI is InChI=1S/C15H11BrN2O2S/c16-9-5-6-10(13(21)7-9)15(20)18-8-14(19)17-11-3-1-2-4-12(11)18/h1-7,21H,8H2,(H,17,19). The van der Waals surface area contributed by atoms with Crippen molar-refractivity contribution < 1.29 is 9.59 Å². The van der Waals surface area contributed by atoms with Gasteiger partial charge in [0, 0.05) is 9.37 Å². The second-order valence-electron chi connectivity index (χ2n) is 4.62. The molecule has 0 unspecified atom stereocenters. The summed E-state index contributed by atoms with van der Waals surface area (Å²) < 4.78 is 0.848. The number of amides is 2. The van der Waals surface area contributed by atoms with Crippen molar-refractivity contribution in [2.75, 3.05) is 16.8 Å². The summed E-state index contributed by atoms with van der Waals surface area (Å²) in [7, 11) is 0.